The van der Waals surface area contributed by atoms with Crippen LogP contribution in [0.15, 0.2) is 23.1 Å². The van der Waals surface area contributed by atoms with Gasteiger partial charge in [0, 0.05) is 54.6 Å². The molecule has 1 aliphatic rings. The molecule has 0 saturated carbocycles. The van der Waals surface area contributed by atoms with E-state index in [1.165, 1.54) is 5.69 Å². The van der Waals surface area contributed by atoms with Crippen LogP contribution in [0.1, 0.15) is 48.2 Å². The average molecular weight is 378 g/mol. The van der Waals surface area contributed by atoms with E-state index in [-0.39, 0.29) is 5.56 Å². The van der Waals surface area contributed by atoms with E-state index in [0.717, 1.165) is 48.1 Å². The monoisotopic (exact) mass is 378 g/mol. The summed E-state index contributed by atoms with van der Waals surface area (Å²) in [5, 5.41) is 0. The number of imidazole rings is 1. The van der Waals surface area contributed by atoms with Gasteiger partial charge in [-0.05, 0) is 26.0 Å². The number of hydrogen-bond donors (Lipinski definition) is 1. The normalized spacial score (nSPS) is 13.9. The fourth-order valence-electron chi connectivity index (χ4n) is 3.76. The van der Waals surface area contributed by atoms with Gasteiger partial charge in [0.15, 0.2) is 0 Å². The molecule has 0 spiro atoms. The van der Waals surface area contributed by atoms with Crippen molar-refractivity contribution < 1.29 is 0 Å². The van der Waals surface area contributed by atoms with E-state index >= 15 is 0 Å². The molecular weight excluding hydrogens is 352 g/mol. The van der Waals surface area contributed by atoms with Gasteiger partial charge in [-0.15, -0.1) is 0 Å². The highest BCUT2D eigenvalue weighted by Gasteiger charge is 2.24. The van der Waals surface area contributed by atoms with Crippen molar-refractivity contribution in [3.8, 4) is 11.4 Å². The lowest BCUT2D eigenvalue weighted by atomic mass is 10.1. The number of aryl methyl sites for hydroxylation is 1. The molecule has 0 aromatic carbocycles. The lowest BCUT2D eigenvalue weighted by Gasteiger charge is -2.27. The zero-order valence-electron chi connectivity index (χ0n) is 17.1. The Labute approximate surface area is 164 Å². The minimum atomic E-state index is -0.105. The standard InChI is InChI=1S/C21H26N6O/c1-12(2)20-24-16-11-27(9-8-17(16)26(20)5)18-7-6-15(10-22-18)19-23-14(4)13(3)21(28)25-19/h6-7,10,12H,8-9,11H2,1-5H3,(H,23,25,28). The molecule has 4 heterocycles. The minimum absolute atomic E-state index is 0.105. The Morgan fingerprint density at radius 1 is 1.18 bits per heavy atom. The quantitative estimate of drug-likeness (QED) is 0.758. The number of rotatable bonds is 3. The Balaban J connectivity index is 1.58. The Hall–Kier alpha value is -2.96. The zero-order valence-corrected chi connectivity index (χ0v) is 17.1. The molecule has 0 atom stereocenters. The van der Waals surface area contributed by atoms with Crippen LogP contribution in [0.5, 0.6) is 0 Å². The fourth-order valence-corrected chi connectivity index (χ4v) is 3.76. The summed E-state index contributed by atoms with van der Waals surface area (Å²) in [5.41, 5.74) is 4.56. The lowest BCUT2D eigenvalue weighted by Crippen LogP contribution is -2.31. The van der Waals surface area contributed by atoms with Crippen LogP contribution in [0.4, 0.5) is 5.82 Å². The van der Waals surface area contributed by atoms with Crippen molar-refractivity contribution in [3.05, 3.63) is 57.2 Å². The first-order chi connectivity index (χ1) is 13.3. The molecule has 7 nitrogen and oxygen atoms in total. The highest BCUT2D eigenvalue weighted by Crippen LogP contribution is 2.26. The number of pyridine rings is 1. The third-order valence-electron chi connectivity index (χ3n) is 5.55. The van der Waals surface area contributed by atoms with Crippen LogP contribution in [0.25, 0.3) is 11.4 Å². The maximum atomic E-state index is 12.0. The molecule has 0 amide bonds. The molecule has 0 saturated heterocycles. The molecule has 1 N–H and O–H groups in total. The summed E-state index contributed by atoms with van der Waals surface area (Å²) >= 11 is 0. The van der Waals surface area contributed by atoms with E-state index < -0.39 is 0 Å². The van der Waals surface area contributed by atoms with Crippen LogP contribution in [0.2, 0.25) is 0 Å². The predicted molar refractivity (Wildman–Crippen MR) is 110 cm³/mol. The molecule has 0 fully saturated rings. The highest BCUT2D eigenvalue weighted by atomic mass is 16.1. The van der Waals surface area contributed by atoms with Crippen LogP contribution >= 0.6 is 0 Å². The van der Waals surface area contributed by atoms with Gasteiger partial charge in [-0.3, -0.25) is 4.79 Å². The molecule has 7 heteroatoms. The van der Waals surface area contributed by atoms with E-state index in [4.69, 9.17) is 4.98 Å². The maximum Gasteiger partial charge on any atom is 0.254 e. The Morgan fingerprint density at radius 3 is 2.61 bits per heavy atom. The van der Waals surface area contributed by atoms with Crippen molar-refractivity contribution in [2.75, 3.05) is 11.4 Å². The molecular formula is C21H26N6O. The second-order valence-electron chi connectivity index (χ2n) is 7.78. The summed E-state index contributed by atoms with van der Waals surface area (Å²) in [7, 11) is 2.11. The van der Waals surface area contributed by atoms with Gasteiger partial charge in [0.25, 0.3) is 5.56 Å². The Kier molecular flexibility index (Phi) is 4.53. The van der Waals surface area contributed by atoms with Crippen molar-refractivity contribution in [3.63, 3.8) is 0 Å². The molecule has 1 aliphatic heterocycles. The van der Waals surface area contributed by atoms with E-state index in [2.05, 4.69) is 45.3 Å². The highest BCUT2D eigenvalue weighted by molar-refractivity contribution is 5.57. The molecule has 146 valence electrons. The fraction of sp³-hybridized carbons (Fsp3) is 0.429. The van der Waals surface area contributed by atoms with Gasteiger partial charge in [0.05, 0.1) is 12.2 Å². The molecule has 28 heavy (non-hydrogen) atoms. The number of nitrogens with zero attached hydrogens (tertiary/aromatic N) is 5. The maximum absolute atomic E-state index is 12.0. The van der Waals surface area contributed by atoms with Crippen LogP contribution < -0.4 is 10.5 Å². The molecule has 0 radical (unpaired) electrons. The second-order valence-corrected chi connectivity index (χ2v) is 7.78. The third kappa shape index (κ3) is 3.10. The largest absolute Gasteiger partial charge is 0.350 e. The molecule has 3 aromatic rings. The lowest BCUT2D eigenvalue weighted by molar-refractivity contribution is 0.659. The predicted octanol–water partition coefficient (Wildman–Crippen LogP) is 2.87. The van der Waals surface area contributed by atoms with Gasteiger partial charge in [0.1, 0.15) is 17.5 Å². The molecule has 0 unspecified atom stereocenters. The Bertz CT molecular complexity index is 1080. The van der Waals surface area contributed by atoms with E-state index in [1.807, 2.05) is 19.1 Å². The van der Waals surface area contributed by atoms with Gasteiger partial charge >= 0.3 is 0 Å². The van der Waals surface area contributed by atoms with Gasteiger partial charge in [-0.1, -0.05) is 13.8 Å². The van der Waals surface area contributed by atoms with Crippen molar-refractivity contribution >= 4 is 5.82 Å². The molecule has 0 aliphatic carbocycles. The number of H-pyrrole nitrogens is 1. The number of nitrogens with one attached hydrogen (secondary N) is 1. The van der Waals surface area contributed by atoms with Gasteiger partial charge < -0.3 is 14.5 Å². The van der Waals surface area contributed by atoms with Crippen LogP contribution in [-0.4, -0.2) is 31.0 Å². The SMILES string of the molecule is Cc1nc(-c2ccc(N3CCc4c(nc(C(C)C)n4C)C3)nc2)[nH]c(=O)c1C. The van der Waals surface area contributed by atoms with Crippen LogP contribution in [0, 0.1) is 13.8 Å². The van der Waals surface area contributed by atoms with Gasteiger partial charge in [0.2, 0.25) is 0 Å². The van der Waals surface area contributed by atoms with Gasteiger partial charge in [-0.25, -0.2) is 15.0 Å². The van der Waals surface area contributed by atoms with Crippen LogP contribution in [-0.2, 0) is 20.0 Å². The second kappa shape index (κ2) is 6.89. The number of fused-ring (bicyclic) bond motifs is 1. The molecule has 0 bridgehead atoms. The smallest absolute Gasteiger partial charge is 0.254 e. The minimum Gasteiger partial charge on any atom is -0.350 e. The first-order valence-electron chi connectivity index (χ1n) is 9.68. The van der Waals surface area contributed by atoms with Crippen LogP contribution in [0.3, 0.4) is 0 Å². The summed E-state index contributed by atoms with van der Waals surface area (Å²) in [6, 6.07) is 3.95. The summed E-state index contributed by atoms with van der Waals surface area (Å²) in [6.07, 6.45) is 2.73. The average Bonchev–Trinajstić information content (AvgIpc) is 3.02. The third-order valence-corrected chi connectivity index (χ3v) is 5.55. The number of aromatic nitrogens is 5. The Morgan fingerprint density at radius 2 is 1.96 bits per heavy atom. The number of anilines is 1. The van der Waals surface area contributed by atoms with Gasteiger partial charge in [-0.2, -0.15) is 0 Å². The molecule has 4 rings (SSSR count). The summed E-state index contributed by atoms with van der Waals surface area (Å²) < 4.78 is 2.25. The van der Waals surface area contributed by atoms with Crippen molar-refractivity contribution in [1.29, 1.82) is 0 Å². The number of aromatic amines is 1. The zero-order chi connectivity index (χ0) is 20.0. The number of hydrogen-bond acceptors (Lipinski definition) is 5. The van der Waals surface area contributed by atoms with Crippen molar-refractivity contribution in [2.24, 2.45) is 7.05 Å². The van der Waals surface area contributed by atoms with E-state index in [9.17, 15) is 4.79 Å². The van der Waals surface area contributed by atoms with Crippen molar-refractivity contribution in [2.45, 2.75) is 46.6 Å². The van der Waals surface area contributed by atoms with Crippen molar-refractivity contribution in [1.82, 2.24) is 24.5 Å². The summed E-state index contributed by atoms with van der Waals surface area (Å²) in [5.74, 6) is 3.02. The van der Waals surface area contributed by atoms with E-state index in [0.29, 0.717) is 17.3 Å². The van der Waals surface area contributed by atoms with E-state index in [1.54, 1.807) is 13.1 Å². The first-order valence-corrected chi connectivity index (χ1v) is 9.68. The molecule has 3 aromatic heterocycles. The first kappa shape index (κ1) is 18.4. The summed E-state index contributed by atoms with van der Waals surface area (Å²) in [4.78, 5) is 31.1. The summed E-state index contributed by atoms with van der Waals surface area (Å²) in [6.45, 7) is 9.66. The topological polar surface area (TPSA) is 79.7 Å².